The molecule has 2 heterocycles. The maximum Gasteiger partial charge on any atom is 0.340 e. The van der Waals surface area contributed by atoms with Gasteiger partial charge < -0.3 is 19.3 Å². The largest absolute Gasteiger partial charge is 0.492 e. The summed E-state index contributed by atoms with van der Waals surface area (Å²) in [6.07, 6.45) is 10.6. The van der Waals surface area contributed by atoms with Crippen molar-refractivity contribution in [3.05, 3.63) is 28.5 Å². The molecule has 0 spiro atoms. The summed E-state index contributed by atoms with van der Waals surface area (Å²) in [6, 6.07) is 0. The van der Waals surface area contributed by atoms with Crippen LogP contribution in [0.25, 0.3) is 0 Å². The average Bonchev–Trinajstić information content (AvgIpc) is 3.47. The second-order valence-corrected chi connectivity index (χ2v) is 12.0. The van der Waals surface area contributed by atoms with Gasteiger partial charge in [0.25, 0.3) is 0 Å². The first-order chi connectivity index (χ1) is 15.8. The van der Waals surface area contributed by atoms with Gasteiger partial charge in [-0.1, -0.05) is 38.8 Å². The number of thiophene rings is 1. The first-order valence-electron chi connectivity index (χ1n) is 12.7. The van der Waals surface area contributed by atoms with Crippen LogP contribution in [0.4, 0.5) is 0 Å². The Hall–Kier alpha value is -1.37. The zero-order valence-corrected chi connectivity index (χ0v) is 20.8. The molecule has 3 saturated carbocycles. The van der Waals surface area contributed by atoms with Crippen LogP contribution >= 0.6 is 11.3 Å². The summed E-state index contributed by atoms with van der Waals surface area (Å²) in [6.45, 7) is 10.6. The van der Waals surface area contributed by atoms with Gasteiger partial charge in [-0.15, -0.1) is 11.3 Å². The number of hydrogen-bond donors (Lipinski definition) is 1. The molecule has 0 radical (unpaired) electrons. The van der Waals surface area contributed by atoms with Gasteiger partial charge >= 0.3 is 5.97 Å². The Kier molecular flexibility index (Phi) is 6.38. The molecule has 6 atom stereocenters. The van der Waals surface area contributed by atoms with E-state index >= 15 is 0 Å². The number of allylic oxidation sites excluding steroid dienone is 1. The fourth-order valence-electron chi connectivity index (χ4n) is 7.70. The highest BCUT2D eigenvalue weighted by Crippen LogP contribution is 2.63. The summed E-state index contributed by atoms with van der Waals surface area (Å²) in [5.41, 5.74) is 1.75. The topological polar surface area (TPSA) is 65.0 Å². The van der Waals surface area contributed by atoms with Gasteiger partial charge in [-0.2, -0.15) is 0 Å². The lowest BCUT2D eigenvalue weighted by molar-refractivity contribution is -0.316. The van der Waals surface area contributed by atoms with Crippen molar-refractivity contribution in [1.82, 2.24) is 0 Å². The van der Waals surface area contributed by atoms with Crippen molar-refractivity contribution in [3.63, 3.8) is 0 Å². The van der Waals surface area contributed by atoms with Crippen molar-refractivity contribution in [1.29, 1.82) is 0 Å². The van der Waals surface area contributed by atoms with E-state index in [-0.39, 0.29) is 28.8 Å². The summed E-state index contributed by atoms with van der Waals surface area (Å²) in [7, 11) is 0. The molecular formula is C27H38O5S. The molecule has 3 aliphatic carbocycles. The van der Waals surface area contributed by atoms with E-state index in [0.717, 1.165) is 38.7 Å². The number of rotatable bonds is 6. The van der Waals surface area contributed by atoms with Crippen LogP contribution in [0.3, 0.4) is 0 Å². The molecule has 4 aliphatic rings. The molecule has 1 aromatic rings. The third-order valence-corrected chi connectivity index (χ3v) is 10.2. The van der Waals surface area contributed by atoms with E-state index in [0.29, 0.717) is 30.1 Å². The van der Waals surface area contributed by atoms with E-state index in [1.165, 1.54) is 42.6 Å². The molecule has 182 valence electrons. The minimum Gasteiger partial charge on any atom is -0.492 e. The minimum atomic E-state index is -0.931. The van der Waals surface area contributed by atoms with Gasteiger partial charge in [0, 0.05) is 22.1 Å². The first kappa shape index (κ1) is 23.4. The van der Waals surface area contributed by atoms with Crippen LogP contribution in [0.5, 0.6) is 5.75 Å². The Morgan fingerprint density at radius 2 is 2.00 bits per heavy atom. The Balaban J connectivity index is 1.28. The van der Waals surface area contributed by atoms with Gasteiger partial charge in [0.05, 0.1) is 19.3 Å². The molecule has 5 nitrogen and oxygen atoms in total. The summed E-state index contributed by atoms with van der Waals surface area (Å²) in [4.78, 5) is 11.4. The SMILES string of the molecule is C=C1CCC2[C@]3(C)CO[C@@H](C4CCCC4)O[C@@H]3CC[C@@]2(C)[C@@H]1CCOc1cscc1C(=O)O. The Bertz CT molecular complexity index is 889. The molecule has 0 amide bonds. The second kappa shape index (κ2) is 9.01. The van der Waals surface area contributed by atoms with Crippen molar-refractivity contribution < 1.29 is 24.1 Å². The molecule has 1 saturated heterocycles. The number of carbonyl (C=O) groups is 1. The van der Waals surface area contributed by atoms with Gasteiger partial charge in [0.1, 0.15) is 11.3 Å². The summed E-state index contributed by atoms with van der Waals surface area (Å²) >= 11 is 1.37. The van der Waals surface area contributed by atoms with Crippen molar-refractivity contribution in [3.8, 4) is 5.75 Å². The molecule has 1 N–H and O–H groups in total. The Morgan fingerprint density at radius 3 is 2.76 bits per heavy atom. The zero-order chi connectivity index (χ0) is 23.2. The Morgan fingerprint density at radius 1 is 1.21 bits per heavy atom. The van der Waals surface area contributed by atoms with E-state index in [2.05, 4.69) is 20.4 Å². The lowest BCUT2D eigenvalue weighted by atomic mass is 9.46. The van der Waals surface area contributed by atoms with Crippen LogP contribution < -0.4 is 4.74 Å². The molecule has 1 unspecified atom stereocenters. The summed E-state index contributed by atoms with van der Waals surface area (Å²) in [5.74, 6) is 1.03. The van der Waals surface area contributed by atoms with E-state index in [9.17, 15) is 9.90 Å². The molecule has 5 rings (SSSR count). The lowest BCUT2D eigenvalue weighted by Crippen LogP contribution is -2.62. The number of fused-ring (bicyclic) bond motifs is 3. The molecular weight excluding hydrogens is 436 g/mol. The molecule has 4 fully saturated rings. The molecule has 1 aliphatic heterocycles. The number of carboxylic acid groups (broad SMARTS) is 1. The van der Waals surface area contributed by atoms with E-state index in [1.807, 2.05) is 0 Å². The molecule has 33 heavy (non-hydrogen) atoms. The summed E-state index contributed by atoms with van der Waals surface area (Å²) < 4.78 is 19.1. The predicted molar refractivity (Wildman–Crippen MR) is 129 cm³/mol. The van der Waals surface area contributed by atoms with Crippen LogP contribution in [0.1, 0.15) is 82.0 Å². The molecule has 0 bridgehead atoms. The average molecular weight is 475 g/mol. The fourth-order valence-corrected chi connectivity index (χ4v) is 8.44. The predicted octanol–water partition coefficient (Wildman–Crippen LogP) is 6.54. The van der Waals surface area contributed by atoms with Crippen LogP contribution in [-0.2, 0) is 9.47 Å². The maximum absolute atomic E-state index is 11.4. The highest BCUT2D eigenvalue weighted by Gasteiger charge is 2.60. The zero-order valence-electron chi connectivity index (χ0n) is 20.0. The summed E-state index contributed by atoms with van der Waals surface area (Å²) in [5, 5.41) is 12.8. The van der Waals surface area contributed by atoms with E-state index < -0.39 is 5.97 Å². The minimum absolute atomic E-state index is 0.00766. The van der Waals surface area contributed by atoms with Crippen molar-refractivity contribution in [2.24, 2.45) is 28.6 Å². The smallest absolute Gasteiger partial charge is 0.340 e. The van der Waals surface area contributed by atoms with E-state index in [1.54, 1.807) is 10.8 Å². The molecule has 1 aromatic heterocycles. The number of aromatic carboxylic acids is 1. The quantitative estimate of drug-likeness (QED) is 0.475. The van der Waals surface area contributed by atoms with Crippen molar-refractivity contribution in [2.45, 2.75) is 84.0 Å². The van der Waals surface area contributed by atoms with Crippen molar-refractivity contribution in [2.75, 3.05) is 13.2 Å². The first-order valence-corrected chi connectivity index (χ1v) is 13.6. The molecule has 0 aromatic carbocycles. The van der Waals surface area contributed by atoms with Gasteiger partial charge in [-0.3, -0.25) is 0 Å². The van der Waals surface area contributed by atoms with Gasteiger partial charge in [-0.05, 0) is 62.2 Å². The van der Waals surface area contributed by atoms with Gasteiger partial charge in [-0.25, -0.2) is 4.79 Å². The monoisotopic (exact) mass is 474 g/mol. The van der Waals surface area contributed by atoms with Gasteiger partial charge in [0.2, 0.25) is 0 Å². The third kappa shape index (κ3) is 4.06. The Labute approximate surface area is 201 Å². The van der Waals surface area contributed by atoms with E-state index in [4.69, 9.17) is 14.2 Å². The second-order valence-electron chi connectivity index (χ2n) is 11.3. The highest BCUT2D eigenvalue weighted by molar-refractivity contribution is 7.08. The third-order valence-electron chi connectivity index (χ3n) is 9.48. The standard InChI is InChI=1S/C27H38O5S/c1-17-8-9-22-26(2,20(17)11-13-30-21-15-33-14-19(21)24(28)29)12-10-23-27(22,3)16-31-25(32-23)18-6-4-5-7-18/h14-15,18,20,22-23,25H,1,4-13,16H2,2-3H3,(H,28,29)/t20-,22?,23-,25-,26+,27+/m1/s1. The van der Waals surface area contributed by atoms with Crippen LogP contribution in [0.2, 0.25) is 0 Å². The van der Waals surface area contributed by atoms with Crippen LogP contribution in [0, 0.1) is 28.6 Å². The lowest BCUT2D eigenvalue weighted by Gasteiger charge is -2.63. The number of carboxylic acids is 1. The molecule has 6 heteroatoms. The van der Waals surface area contributed by atoms with Crippen LogP contribution in [0.15, 0.2) is 22.9 Å². The van der Waals surface area contributed by atoms with Crippen molar-refractivity contribution >= 4 is 17.3 Å². The normalized spacial score (nSPS) is 39.2. The maximum atomic E-state index is 11.4. The highest BCUT2D eigenvalue weighted by atomic mass is 32.1. The number of ether oxygens (including phenoxy) is 3. The fraction of sp³-hybridized carbons (Fsp3) is 0.741. The number of hydrogen-bond acceptors (Lipinski definition) is 5. The van der Waals surface area contributed by atoms with Gasteiger partial charge in [0.15, 0.2) is 6.29 Å². The van der Waals surface area contributed by atoms with Crippen LogP contribution in [-0.4, -0.2) is 36.7 Å².